The molecule has 1 unspecified atom stereocenters. The van der Waals surface area contributed by atoms with Crippen molar-refractivity contribution >= 4 is 57.2 Å². The molecule has 1 amide bonds. The highest BCUT2D eigenvalue weighted by Gasteiger charge is 2.41. The Bertz CT molecular complexity index is 1540. The molecule has 2 aliphatic rings. The van der Waals surface area contributed by atoms with Crippen LogP contribution in [-0.4, -0.2) is 34.2 Å². The van der Waals surface area contributed by atoms with Gasteiger partial charge in [0, 0.05) is 28.4 Å². The molecule has 0 saturated carbocycles. The van der Waals surface area contributed by atoms with E-state index in [1.165, 1.54) is 23.1 Å². The zero-order chi connectivity index (χ0) is 28.2. The summed E-state index contributed by atoms with van der Waals surface area (Å²) in [6, 6.07) is 16.5. The quantitative estimate of drug-likeness (QED) is 0.319. The van der Waals surface area contributed by atoms with Gasteiger partial charge >= 0.3 is 0 Å². The van der Waals surface area contributed by atoms with E-state index in [0.717, 1.165) is 11.3 Å². The smallest absolute Gasteiger partial charge is 0.234 e. The number of benzene rings is 2. The number of thioether (sulfide) groups is 1. The Hall–Kier alpha value is -3.85. The molecule has 2 heterocycles. The molecule has 1 aliphatic heterocycles. The molecule has 2 aromatic carbocycles. The topological polar surface area (TPSA) is 134 Å². The van der Waals surface area contributed by atoms with Crippen molar-refractivity contribution in [1.29, 1.82) is 5.26 Å². The van der Waals surface area contributed by atoms with E-state index in [9.17, 15) is 14.9 Å². The minimum Gasteiger partial charge on any atom is -0.494 e. The summed E-state index contributed by atoms with van der Waals surface area (Å²) in [5.74, 6) is 0.279. The van der Waals surface area contributed by atoms with E-state index in [1.807, 2.05) is 31.2 Å². The van der Waals surface area contributed by atoms with Crippen molar-refractivity contribution in [2.75, 3.05) is 22.6 Å². The first kappa shape index (κ1) is 27.7. The molecule has 1 aromatic heterocycles. The molecule has 40 heavy (non-hydrogen) atoms. The van der Waals surface area contributed by atoms with Gasteiger partial charge in [0.05, 0.1) is 29.9 Å². The van der Waals surface area contributed by atoms with Crippen LogP contribution in [0, 0.1) is 11.3 Å². The van der Waals surface area contributed by atoms with Crippen LogP contribution < -0.4 is 20.7 Å². The molecular formula is C28H25ClN6O3S2. The predicted octanol–water partition coefficient (Wildman–Crippen LogP) is 5.63. The zero-order valence-corrected chi connectivity index (χ0v) is 23.9. The van der Waals surface area contributed by atoms with Gasteiger partial charge in [-0.25, -0.2) is 0 Å². The lowest BCUT2D eigenvalue weighted by atomic mass is 9.76. The number of carbonyl (C=O) groups excluding carboxylic acids is 2. The van der Waals surface area contributed by atoms with Crippen molar-refractivity contribution in [3.8, 4) is 11.8 Å². The molecule has 1 aliphatic carbocycles. The molecule has 3 aromatic rings. The molecule has 1 atom stereocenters. The fraction of sp³-hybridized carbons (Fsp3) is 0.250. The van der Waals surface area contributed by atoms with E-state index in [2.05, 4.69) is 21.6 Å². The highest BCUT2D eigenvalue weighted by atomic mass is 35.5. The number of allylic oxidation sites excluding steroid dienone is 3. The summed E-state index contributed by atoms with van der Waals surface area (Å²) >= 11 is 8.39. The number of amides is 1. The van der Waals surface area contributed by atoms with Gasteiger partial charge < -0.3 is 15.8 Å². The molecule has 0 fully saturated rings. The molecule has 0 radical (unpaired) electrons. The highest BCUT2D eigenvalue weighted by molar-refractivity contribution is 8.01. The molecule has 204 valence electrons. The lowest BCUT2D eigenvalue weighted by Crippen LogP contribution is -2.38. The molecule has 12 heteroatoms. The Balaban J connectivity index is 1.41. The third kappa shape index (κ3) is 5.70. The fourth-order valence-corrected chi connectivity index (χ4v) is 6.58. The maximum Gasteiger partial charge on any atom is 0.234 e. The van der Waals surface area contributed by atoms with Crippen molar-refractivity contribution in [2.45, 2.75) is 36.4 Å². The van der Waals surface area contributed by atoms with Crippen molar-refractivity contribution in [3.05, 3.63) is 81.8 Å². The van der Waals surface area contributed by atoms with Crippen LogP contribution in [0.1, 0.15) is 37.7 Å². The van der Waals surface area contributed by atoms with Gasteiger partial charge in [-0.15, -0.1) is 10.2 Å². The van der Waals surface area contributed by atoms with Crippen LogP contribution in [0.5, 0.6) is 5.75 Å². The van der Waals surface area contributed by atoms with Crippen LogP contribution in [0.25, 0.3) is 0 Å². The second-order valence-electron chi connectivity index (χ2n) is 9.01. The minimum absolute atomic E-state index is 0.0108. The fourth-order valence-electron chi connectivity index (χ4n) is 4.77. The van der Waals surface area contributed by atoms with Crippen LogP contribution in [0.3, 0.4) is 0 Å². The molecular weight excluding hydrogens is 568 g/mol. The number of Topliss-reactive ketones (excluding diaryl/α,β-unsaturated/α-hetero) is 1. The Morgan fingerprint density at radius 2 is 1.98 bits per heavy atom. The summed E-state index contributed by atoms with van der Waals surface area (Å²) in [7, 11) is 0. The standard InChI is InChI=1S/C28H25ClN6O3S2/c1-2-38-19-12-6-16(7-13-19)24-20(14-30)26(31)35(21-4-3-5-22(36)25(21)24)27-33-34-28(40-27)39-15-23(37)32-18-10-8-17(29)9-11-18/h6-13,24H,2-5,15,31H2,1H3,(H,32,37). The van der Waals surface area contributed by atoms with E-state index in [4.69, 9.17) is 22.1 Å². The second kappa shape index (κ2) is 12.1. The maximum atomic E-state index is 13.3. The first-order valence-electron chi connectivity index (χ1n) is 12.6. The zero-order valence-electron chi connectivity index (χ0n) is 21.5. The summed E-state index contributed by atoms with van der Waals surface area (Å²) < 4.78 is 6.12. The number of hydrogen-bond acceptors (Lipinski definition) is 10. The SMILES string of the molecule is CCOc1ccc(C2C(C#N)=C(N)N(c3nnc(SCC(=O)Nc4ccc(Cl)cc4)s3)C3=C2C(=O)CCC3)cc1. The Kier molecular flexibility index (Phi) is 8.40. The van der Waals surface area contributed by atoms with Crippen molar-refractivity contribution in [3.63, 3.8) is 0 Å². The molecule has 3 N–H and O–H groups in total. The van der Waals surface area contributed by atoms with E-state index in [-0.39, 0.29) is 28.8 Å². The van der Waals surface area contributed by atoms with E-state index in [1.54, 1.807) is 29.2 Å². The first-order valence-corrected chi connectivity index (χ1v) is 14.8. The number of aromatic nitrogens is 2. The number of nitrogens with one attached hydrogen (secondary N) is 1. The third-order valence-corrected chi connectivity index (χ3v) is 8.77. The number of anilines is 2. The van der Waals surface area contributed by atoms with Crippen LogP contribution in [0.2, 0.25) is 5.02 Å². The van der Waals surface area contributed by atoms with Gasteiger partial charge in [-0.1, -0.05) is 46.8 Å². The lowest BCUT2D eigenvalue weighted by Gasteiger charge is -2.38. The summed E-state index contributed by atoms with van der Waals surface area (Å²) in [6.07, 6.45) is 1.68. The van der Waals surface area contributed by atoms with Crippen LogP contribution in [0.15, 0.2) is 75.5 Å². The highest BCUT2D eigenvalue weighted by Crippen LogP contribution is 2.47. The lowest BCUT2D eigenvalue weighted by molar-refractivity contribution is -0.116. The maximum absolute atomic E-state index is 13.3. The average Bonchev–Trinajstić information content (AvgIpc) is 3.42. The van der Waals surface area contributed by atoms with Crippen LogP contribution in [0.4, 0.5) is 10.8 Å². The average molecular weight is 593 g/mol. The van der Waals surface area contributed by atoms with Gasteiger partial charge in [0.1, 0.15) is 11.6 Å². The van der Waals surface area contributed by atoms with E-state index in [0.29, 0.717) is 57.4 Å². The largest absolute Gasteiger partial charge is 0.494 e. The van der Waals surface area contributed by atoms with Crippen molar-refractivity contribution < 1.29 is 14.3 Å². The number of nitrogens with zero attached hydrogens (tertiary/aromatic N) is 4. The summed E-state index contributed by atoms with van der Waals surface area (Å²) in [6.45, 7) is 2.45. The van der Waals surface area contributed by atoms with Crippen LogP contribution in [-0.2, 0) is 9.59 Å². The van der Waals surface area contributed by atoms with Gasteiger partial charge in [0.25, 0.3) is 0 Å². The second-order valence-corrected chi connectivity index (χ2v) is 11.6. The number of ether oxygens (including phenoxy) is 1. The Labute approximate surface area is 244 Å². The number of ketones is 1. The summed E-state index contributed by atoms with van der Waals surface area (Å²) in [5.41, 5.74) is 9.65. The number of nitriles is 1. The summed E-state index contributed by atoms with van der Waals surface area (Å²) in [5, 5.41) is 22.6. The Morgan fingerprint density at radius 1 is 1.23 bits per heavy atom. The van der Waals surface area contributed by atoms with Gasteiger partial charge in [-0.05, 0) is 61.7 Å². The third-order valence-electron chi connectivity index (χ3n) is 6.48. The number of carbonyl (C=O) groups is 2. The molecule has 5 rings (SSSR count). The number of rotatable bonds is 8. The normalized spacial score (nSPS) is 17.0. The van der Waals surface area contributed by atoms with Gasteiger partial charge in [-0.2, -0.15) is 5.26 Å². The minimum atomic E-state index is -0.571. The van der Waals surface area contributed by atoms with Crippen molar-refractivity contribution in [1.82, 2.24) is 10.2 Å². The number of nitrogens with two attached hydrogens (primary N) is 1. The predicted molar refractivity (Wildman–Crippen MR) is 156 cm³/mol. The van der Waals surface area contributed by atoms with E-state index >= 15 is 0 Å². The molecule has 0 spiro atoms. The molecule has 0 saturated heterocycles. The van der Waals surface area contributed by atoms with Crippen LogP contribution >= 0.6 is 34.7 Å². The van der Waals surface area contributed by atoms with Gasteiger partial charge in [-0.3, -0.25) is 14.5 Å². The molecule has 9 nitrogen and oxygen atoms in total. The number of hydrogen-bond donors (Lipinski definition) is 2. The summed E-state index contributed by atoms with van der Waals surface area (Å²) in [4.78, 5) is 27.4. The monoisotopic (exact) mass is 592 g/mol. The first-order chi connectivity index (χ1) is 19.4. The van der Waals surface area contributed by atoms with Gasteiger partial charge in [0.2, 0.25) is 11.0 Å². The molecule has 0 bridgehead atoms. The number of halogens is 1. The van der Waals surface area contributed by atoms with E-state index < -0.39 is 5.92 Å². The van der Waals surface area contributed by atoms with Crippen molar-refractivity contribution in [2.24, 2.45) is 5.73 Å². The van der Waals surface area contributed by atoms with Gasteiger partial charge in [0.15, 0.2) is 10.1 Å². The Morgan fingerprint density at radius 3 is 2.67 bits per heavy atom.